The fourth-order valence-electron chi connectivity index (χ4n) is 3.31. The summed E-state index contributed by atoms with van der Waals surface area (Å²) in [4.78, 5) is 16.1. The Bertz CT molecular complexity index is 1090. The quantitative estimate of drug-likeness (QED) is 0.511. The van der Waals surface area contributed by atoms with Crippen molar-refractivity contribution in [3.05, 3.63) is 71.4 Å². The van der Waals surface area contributed by atoms with Gasteiger partial charge in [0.1, 0.15) is 17.1 Å². The predicted molar refractivity (Wildman–Crippen MR) is 108 cm³/mol. The van der Waals surface area contributed by atoms with Crippen LogP contribution in [0, 0.1) is 0 Å². The topological polar surface area (TPSA) is 51.3 Å². The summed E-state index contributed by atoms with van der Waals surface area (Å²) in [6, 6.07) is 11.5. The van der Waals surface area contributed by atoms with Gasteiger partial charge in [-0.15, -0.1) is 0 Å². The Labute approximate surface area is 158 Å². The first-order valence-electron chi connectivity index (χ1n) is 8.86. The molecule has 2 heterocycles. The molecule has 0 fully saturated rings. The predicted octanol–water partition coefficient (Wildman–Crippen LogP) is 5.26. The molecule has 4 rings (SSSR count). The summed E-state index contributed by atoms with van der Waals surface area (Å²) >= 11 is 0. The number of ether oxygens (including phenoxy) is 2. The van der Waals surface area contributed by atoms with Crippen LogP contribution >= 0.6 is 0 Å². The summed E-state index contributed by atoms with van der Waals surface area (Å²) in [5.74, 6) is 1.15. The van der Waals surface area contributed by atoms with E-state index in [1.165, 1.54) is 0 Å². The molecule has 0 bridgehead atoms. The molecule has 0 saturated carbocycles. The fourth-order valence-corrected chi connectivity index (χ4v) is 3.31. The Balaban J connectivity index is 1.73. The van der Waals surface area contributed by atoms with Crippen molar-refractivity contribution >= 4 is 28.8 Å². The average Bonchev–Trinajstić information content (AvgIpc) is 3.13. The highest BCUT2D eigenvalue weighted by molar-refractivity contribution is 6.10. The molecule has 0 atom stereocenters. The Morgan fingerprint density at radius 2 is 2.04 bits per heavy atom. The number of fused-ring (bicyclic) bond motifs is 2. The first-order valence-corrected chi connectivity index (χ1v) is 8.86. The molecule has 1 aliphatic heterocycles. The Morgan fingerprint density at radius 3 is 2.85 bits per heavy atom. The molecular weight excluding hydrogens is 338 g/mol. The van der Waals surface area contributed by atoms with Gasteiger partial charge in [0.15, 0.2) is 5.78 Å². The first kappa shape index (κ1) is 17.2. The van der Waals surface area contributed by atoms with E-state index in [0.717, 1.165) is 22.0 Å². The third-order valence-electron chi connectivity index (χ3n) is 4.70. The molecule has 0 aliphatic carbocycles. The van der Waals surface area contributed by atoms with Gasteiger partial charge in [-0.05, 0) is 61.9 Å². The van der Waals surface area contributed by atoms with Gasteiger partial charge in [-0.25, -0.2) is 0 Å². The van der Waals surface area contributed by atoms with Crippen LogP contribution in [-0.4, -0.2) is 23.5 Å². The van der Waals surface area contributed by atoms with Crippen LogP contribution in [0.5, 0.6) is 11.5 Å². The molecule has 0 unspecified atom stereocenters. The van der Waals surface area contributed by atoms with Gasteiger partial charge in [0, 0.05) is 17.1 Å². The highest BCUT2D eigenvalue weighted by Crippen LogP contribution is 2.40. The molecule has 1 aromatic heterocycles. The van der Waals surface area contributed by atoms with Gasteiger partial charge >= 0.3 is 0 Å². The van der Waals surface area contributed by atoms with Crippen LogP contribution in [0.2, 0.25) is 0 Å². The van der Waals surface area contributed by atoms with Crippen molar-refractivity contribution in [2.75, 3.05) is 7.11 Å². The summed E-state index contributed by atoms with van der Waals surface area (Å²) in [6.07, 6.45) is 9.26. The van der Waals surface area contributed by atoms with Crippen LogP contribution in [0.15, 0.2) is 54.7 Å². The molecule has 0 radical (unpaired) electrons. The van der Waals surface area contributed by atoms with Gasteiger partial charge in [-0.3, -0.25) is 4.79 Å². The summed E-state index contributed by atoms with van der Waals surface area (Å²) < 4.78 is 11.5. The van der Waals surface area contributed by atoms with Crippen LogP contribution < -0.4 is 9.47 Å². The number of carbonyl (C=O) groups is 1. The summed E-state index contributed by atoms with van der Waals surface area (Å²) in [5, 5.41) is 1.08. The largest absolute Gasteiger partial charge is 0.496 e. The number of rotatable bonds is 4. The number of allylic oxidation sites excluding steroid dienone is 1. The van der Waals surface area contributed by atoms with Gasteiger partial charge in [-0.2, -0.15) is 0 Å². The lowest BCUT2D eigenvalue weighted by Gasteiger charge is -2.29. The second-order valence-electron chi connectivity index (χ2n) is 7.08. The zero-order valence-corrected chi connectivity index (χ0v) is 15.6. The molecule has 4 nitrogen and oxygen atoms in total. The number of H-pyrrole nitrogens is 1. The van der Waals surface area contributed by atoms with Crippen LogP contribution in [0.1, 0.15) is 35.3 Å². The van der Waals surface area contributed by atoms with Crippen molar-refractivity contribution in [3.63, 3.8) is 0 Å². The van der Waals surface area contributed by atoms with Crippen molar-refractivity contribution in [1.29, 1.82) is 0 Å². The number of benzene rings is 2. The Morgan fingerprint density at radius 1 is 1.19 bits per heavy atom. The van der Waals surface area contributed by atoms with Crippen LogP contribution in [0.3, 0.4) is 0 Å². The molecule has 136 valence electrons. The normalized spacial score (nSPS) is 14.9. The molecule has 1 N–H and O–H groups in total. The van der Waals surface area contributed by atoms with E-state index in [2.05, 4.69) is 4.98 Å². The summed E-state index contributed by atoms with van der Waals surface area (Å²) in [7, 11) is 1.61. The van der Waals surface area contributed by atoms with Crippen molar-refractivity contribution in [3.8, 4) is 11.5 Å². The van der Waals surface area contributed by atoms with Crippen LogP contribution in [-0.2, 0) is 0 Å². The van der Waals surface area contributed by atoms with Crippen molar-refractivity contribution in [1.82, 2.24) is 4.98 Å². The zero-order chi connectivity index (χ0) is 19.0. The number of ketones is 1. The SMILES string of the molecule is COc1ccc(C(=O)/C=C/c2cccc3[nH]ccc23)c2c1C=CC(C)(C)O2. The van der Waals surface area contributed by atoms with Gasteiger partial charge in [0.25, 0.3) is 0 Å². The van der Waals surface area contributed by atoms with E-state index >= 15 is 0 Å². The second-order valence-corrected chi connectivity index (χ2v) is 7.08. The van der Waals surface area contributed by atoms with Gasteiger partial charge in [0.05, 0.1) is 18.2 Å². The smallest absolute Gasteiger partial charge is 0.189 e. The average molecular weight is 359 g/mol. The zero-order valence-electron chi connectivity index (χ0n) is 15.6. The van der Waals surface area contributed by atoms with E-state index in [-0.39, 0.29) is 5.78 Å². The fraction of sp³-hybridized carbons (Fsp3) is 0.174. The highest BCUT2D eigenvalue weighted by Gasteiger charge is 2.27. The molecule has 0 amide bonds. The minimum atomic E-state index is -0.477. The molecule has 3 aromatic rings. The third kappa shape index (κ3) is 3.14. The highest BCUT2D eigenvalue weighted by atomic mass is 16.5. The van der Waals surface area contributed by atoms with Crippen molar-refractivity contribution < 1.29 is 14.3 Å². The van der Waals surface area contributed by atoms with Gasteiger partial charge in [0.2, 0.25) is 0 Å². The van der Waals surface area contributed by atoms with E-state index in [1.54, 1.807) is 25.3 Å². The molecule has 0 spiro atoms. The third-order valence-corrected chi connectivity index (χ3v) is 4.70. The minimum absolute atomic E-state index is 0.104. The van der Waals surface area contributed by atoms with Crippen molar-refractivity contribution in [2.45, 2.75) is 19.4 Å². The lowest BCUT2D eigenvalue weighted by molar-refractivity contribution is 0.103. The molecule has 4 heteroatoms. The monoisotopic (exact) mass is 359 g/mol. The van der Waals surface area contributed by atoms with E-state index < -0.39 is 5.60 Å². The first-order chi connectivity index (χ1) is 13.0. The number of hydrogen-bond donors (Lipinski definition) is 1. The van der Waals surface area contributed by atoms with Crippen LogP contribution in [0.25, 0.3) is 23.1 Å². The summed E-state index contributed by atoms with van der Waals surface area (Å²) in [5.41, 5.74) is 2.88. The van der Waals surface area contributed by atoms with Gasteiger partial charge in [-0.1, -0.05) is 18.2 Å². The number of aromatic nitrogens is 1. The molecular formula is C23H21NO3. The number of aromatic amines is 1. The number of hydrogen-bond acceptors (Lipinski definition) is 3. The summed E-state index contributed by atoms with van der Waals surface area (Å²) in [6.45, 7) is 3.92. The van der Waals surface area contributed by atoms with E-state index in [0.29, 0.717) is 17.1 Å². The standard InChI is InChI=1S/C23H21NO3/c1-23(2)13-11-18-21(26-3)10-8-17(22(18)27-23)20(25)9-7-15-5-4-6-19-16(15)12-14-24-19/h4-14,24H,1-3H3/b9-7+. The number of nitrogens with one attached hydrogen (secondary N) is 1. The van der Waals surface area contributed by atoms with Crippen LogP contribution in [0.4, 0.5) is 0 Å². The van der Waals surface area contributed by atoms with Gasteiger partial charge < -0.3 is 14.5 Å². The maximum Gasteiger partial charge on any atom is 0.189 e. The molecule has 2 aromatic carbocycles. The maximum atomic E-state index is 12.9. The molecule has 1 aliphatic rings. The lowest BCUT2D eigenvalue weighted by atomic mass is 9.97. The molecule has 27 heavy (non-hydrogen) atoms. The van der Waals surface area contributed by atoms with E-state index in [9.17, 15) is 4.79 Å². The molecule has 0 saturated heterocycles. The Kier molecular flexibility index (Phi) is 4.11. The number of methoxy groups -OCH3 is 1. The second kappa shape index (κ2) is 6.47. The number of carbonyl (C=O) groups excluding carboxylic acids is 1. The lowest BCUT2D eigenvalue weighted by Crippen LogP contribution is -2.28. The Hall–Kier alpha value is -3.27. The minimum Gasteiger partial charge on any atom is -0.496 e. The van der Waals surface area contributed by atoms with Crippen molar-refractivity contribution in [2.24, 2.45) is 0 Å². The van der Waals surface area contributed by atoms with E-state index in [4.69, 9.17) is 9.47 Å². The van der Waals surface area contributed by atoms with E-state index in [1.807, 2.05) is 62.5 Å². The maximum absolute atomic E-state index is 12.9.